The molecule has 1 aliphatic rings. The molecule has 1 heterocycles. The topological polar surface area (TPSA) is 86.6 Å². The molecule has 5 nitrogen and oxygen atoms in total. The van der Waals surface area contributed by atoms with Gasteiger partial charge in [0.1, 0.15) is 0 Å². The average molecular weight is 271 g/mol. The number of hydrogen-bond acceptors (Lipinski definition) is 4. The van der Waals surface area contributed by atoms with E-state index in [-0.39, 0.29) is 0 Å². The fraction of sp³-hybridized carbons (Fsp3) is 0.500. The summed E-state index contributed by atoms with van der Waals surface area (Å²) >= 11 is 1.84. The first kappa shape index (κ1) is 14.7. The highest BCUT2D eigenvalue weighted by Crippen LogP contribution is 2.18. The summed E-state index contributed by atoms with van der Waals surface area (Å²) in [5, 5.41) is 20.5. The Morgan fingerprint density at radius 3 is 2.33 bits per heavy atom. The van der Waals surface area contributed by atoms with E-state index in [4.69, 9.17) is 19.8 Å². The lowest BCUT2D eigenvalue weighted by Crippen LogP contribution is -2.24. The average Bonchev–Trinajstić information content (AvgIpc) is 3.00. The van der Waals surface area contributed by atoms with E-state index >= 15 is 0 Å². The molecule has 2 rings (SSSR count). The minimum atomic E-state index is -1.82. The van der Waals surface area contributed by atoms with Gasteiger partial charge in [-0.3, -0.25) is 0 Å². The maximum absolute atomic E-state index is 9.10. The normalized spacial score (nSPS) is 14.9. The summed E-state index contributed by atoms with van der Waals surface area (Å²) in [6.45, 7) is 1.07. The fourth-order valence-corrected chi connectivity index (χ4v) is 2.44. The summed E-state index contributed by atoms with van der Waals surface area (Å²) in [5.41, 5.74) is 0. The molecule has 1 aromatic heterocycles. The van der Waals surface area contributed by atoms with Crippen LogP contribution < -0.4 is 5.32 Å². The van der Waals surface area contributed by atoms with E-state index in [1.807, 2.05) is 11.3 Å². The Kier molecular flexibility index (Phi) is 6.38. The second kappa shape index (κ2) is 7.84. The van der Waals surface area contributed by atoms with Crippen LogP contribution in [-0.2, 0) is 16.1 Å². The Balaban J connectivity index is 0.000000232. The summed E-state index contributed by atoms with van der Waals surface area (Å²) in [4.78, 5) is 19.7. The SMILES string of the molecule is O=C(O)C(=O)O.c1csc(CNC2CCCC2)c1. The van der Waals surface area contributed by atoms with Crippen LogP contribution in [0.3, 0.4) is 0 Å². The van der Waals surface area contributed by atoms with Crippen LogP contribution in [0.1, 0.15) is 30.6 Å². The van der Waals surface area contributed by atoms with Crippen molar-refractivity contribution in [3.63, 3.8) is 0 Å². The van der Waals surface area contributed by atoms with Crippen LogP contribution in [0.5, 0.6) is 0 Å². The number of aliphatic carboxylic acids is 2. The van der Waals surface area contributed by atoms with E-state index in [0.717, 1.165) is 12.6 Å². The van der Waals surface area contributed by atoms with Crippen LogP contribution in [0.25, 0.3) is 0 Å². The second-order valence-electron chi connectivity index (χ2n) is 4.05. The quantitative estimate of drug-likeness (QED) is 0.731. The largest absolute Gasteiger partial charge is 0.473 e. The molecule has 1 fully saturated rings. The van der Waals surface area contributed by atoms with E-state index in [1.54, 1.807) is 0 Å². The van der Waals surface area contributed by atoms with Gasteiger partial charge in [-0.05, 0) is 24.3 Å². The molecule has 6 heteroatoms. The van der Waals surface area contributed by atoms with Crippen molar-refractivity contribution in [2.75, 3.05) is 0 Å². The minimum absolute atomic E-state index is 0.798. The van der Waals surface area contributed by atoms with Crippen molar-refractivity contribution in [2.24, 2.45) is 0 Å². The third kappa shape index (κ3) is 5.79. The third-order valence-corrected chi connectivity index (χ3v) is 3.56. The lowest BCUT2D eigenvalue weighted by Gasteiger charge is -2.09. The smallest absolute Gasteiger partial charge is 0.414 e. The second-order valence-corrected chi connectivity index (χ2v) is 5.08. The molecular formula is C12H17NO4S. The Hall–Kier alpha value is -1.40. The number of nitrogens with one attached hydrogen (secondary N) is 1. The van der Waals surface area contributed by atoms with Gasteiger partial charge in [0.25, 0.3) is 0 Å². The first-order valence-corrected chi connectivity index (χ1v) is 6.69. The molecule has 1 saturated carbocycles. The summed E-state index contributed by atoms with van der Waals surface area (Å²) in [7, 11) is 0. The Labute approximate surface area is 109 Å². The summed E-state index contributed by atoms with van der Waals surface area (Å²) in [5.74, 6) is -3.65. The van der Waals surface area contributed by atoms with E-state index in [0.29, 0.717) is 0 Å². The molecule has 0 aromatic carbocycles. The lowest BCUT2D eigenvalue weighted by molar-refractivity contribution is -0.159. The van der Waals surface area contributed by atoms with Crippen molar-refractivity contribution in [2.45, 2.75) is 38.3 Å². The summed E-state index contributed by atoms with van der Waals surface area (Å²) in [6, 6.07) is 5.12. The third-order valence-electron chi connectivity index (χ3n) is 2.68. The molecule has 0 saturated heterocycles. The molecule has 1 aromatic rings. The van der Waals surface area contributed by atoms with Gasteiger partial charge >= 0.3 is 11.9 Å². The van der Waals surface area contributed by atoms with Gasteiger partial charge in [0.15, 0.2) is 0 Å². The highest BCUT2D eigenvalue weighted by molar-refractivity contribution is 7.09. The van der Waals surface area contributed by atoms with Crippen LogP contribution in [0.2, 0.25) is 0 Å². The van der Waals surface area contributed by atoms with Crippen LogP contribution >= 0.6 is 11.3 Å². The van der Waals surface area contributed by atoms with E-state index in [1.165, 1.54) is 30.6 Å². The van der Waals surface area contributed by atoms with Crippen LogP contribution in [-0.4, -0.2) is 28.2 Å². The number of rotatable bonds is 3. The molecular weight excluding hydrogens is 254 g/mol. The highest BCUT2D eigenvalue weighted by atomic mass is 32.1. The molecule has 1 aliphatic carbocycles. The van der Waals surface area contributed by atoms with Gasteiger partial charge in [0.05, 0.1) is 0 Å². The Morgan fingerprint density at radius 1 is 1.28 bits per heavy atom. The zero-order valence-electron chi connectivity index (χ0n) is 9.96. The van der Waals surface area contributed by atoms with E-state index < -0.39 is 11.9 Å². The van der Waals surface area contributed by atoms with Crippen LogP contribution in [0, 0.1) is 0 Å². The number of hydrogen-bond donors (Lipinski definition) is 3. The van der Waals surface area contributed by atoms with Crippen LogP contribution in [0.4, 0.5) is 0 Å². The molecule has 0 radical (unpaired) electrons. The molecule has 0 aliphatic heterocycles. The Bertz CT molecular complexity index is 359. The first-order valence-electron chi connectivity index (χ1n) is 5.81. The van der Waals surface area contributed by atoms with E-state index in [9.17, 15) is 0 Å². The van der Waals surface area contributed by atoms with Gasteiger partial charge in [0.2, 0.25) is 0 Å². The molecule has 0 unspecified atom stereocenters. The monoisotopic (exact) mass is 271 g/mol. The van der Waals surface area contributed by atoms with Gasteiger partial charge in [-0.15, -0.1) is 11.3 Å². The molecule has 3 N–H and O–H groups in total. The molecule has 0 amide bonds. The van der Waals surface area contributed by atoms with Gasteiger partial charge in [-0.25, -0.2) is 9.59 Å². The van der Waals surface area contributed by atoms with Crippen molar-refractivity contribution in [3.8, 4) is 0 Å². The zero-order chi connectivity index (χ0) is 13.4. The van der Waals surface area contributed by atoms with Crippen molar-refractivity contribution in [3.05, 3.63) is 22.4 Å². The van der Waals surface area contributed by atoms with Gasteiger partial charge in [0, 0.05) is 17.5 Å². The maximum atomic E-state index is 9.10. The van der Waals surface area contributed by atoms with Crippen LogP contribution in [0.15, 0.2) is 17.5 Å². The number of carboxylic acid groups (broad SMARTS) is 2. The molecule has 0 spiro atoms. The van der Waals surface area contributed by atoms with Crippen molar-refractivity contribution in [1.29, 1.82) is 0 Å². The zero-order valence-corrected chi connectivity index (χ0v) is 10.8. The number of thiophene rings is 1. The summed E-state index contributed by atoms with van der Waals surface area (Å²) < 4.78 is 0. The molecule has 0 bridgehead atoms. The molecule has 100 valence electrons. The minimum Gasteiger partial charge on any atom is -0.473 e. The number of carboxylic acids is 2. The standard InChI is InChI=1S/C10H15NS.C2H2O4/c1-2-5-9(4-1)11-8-10-6-3-7-12-10;3-1(4)2(5)6/h3,6-7,9,11H,1-2,4-5,8H2;(H,3,4)(H,5,6). The lowest BCUT2D eigenvalue weighted by atomic mass is 10.2. The summed E-state index contributed by atoms with van der Waals surface area (Å²) in [6.07, 6.45) is 5.60. The molecule has 0 atom stereocenters. The van der Waals surface area contributed by atoms with Gasteiger partial charge < -0.3 is 15.5 Å². The first-order chi connectivity index (χ1) is 8.59. The predicted molar refractivity (Wildman–Crippen MR) is 68.7 cm³/mol. The van der Waals surface area contributed by atoms with Gasteiger partial charge in [-0.2, -0.15) is 0 Å². The van der Waals surface area contributed by atoms with Crippen molar-refractivity contribution >= 4 is 23.3 Å². The molecule has 18 heavy (non-hydrogen) atoms. The fourth-order valence-electron chi connectivity index (χ4n) is 1.79. The van der Waals surface area contributed by atoms with Gasteiger partial charge in [-0.1, -0.05) is 18.9 Å². The number of carbonyl (C=O) groups is 2. The Morgan fingerprint density at radius 2 is 1.89 bits per heavy atom. The highest BCUT2D eigenvalue weighted by Gasteiger charge is 2.13. The van der Waals surface area contributed by atoms with Crippen molar-refractivity contribution < 1.29 is 19.8 Å². The predicted octanol–water partition coefficient (Wildman–Crippen LogP) is 1.94. The van der Waals surface area contributed by atoms with E-state index in [2.05, 4.69) is 22.8 Å². The van der Waals surface area contributed by atoms with Crippen molar-refractivity contribution in [1.82, 2.24) is 5.32 Å². The maximum Gasteiger partial charge on any atom is 0.414 e.